The predicted molar refractivity (Wildman–Crippen MR) is 110 cm³/mol. The van der Waals surface area contributed by atoms with Crippen molar-refractivity contribution in [2.75, 3.05) is 12.4 Å². The van der Waals surface area contributed by atoms with Gasteiger partial charge in [-0.2, -0.15) is 8.42 Å². The summed E-state index contributed by atoms with van der Waals surface area (Å²) in [5.41, 5.74) is 1.86. The second kappa shape index (κ2) is 10.7. The van der Waals surface area contributed by atoms with Gasteiger partial charge in [0, 0.05) is 5.56 Å². The summed E-state index contributed by atoms with van der Waals surface area (Å²) in [5.74, 6) is -1.92. The van der Waals surface area contributed by atoms with E-state index in [2.05, 4.69) is 5.32 Å². The molecule has 8 heteroatoms. The molecule has 2 aromatic rings. The standard InChI is InChI=1S/C21H25NO6S/c1-2-3-14-28-21(24)19(13-15-29(25,26)27)22-20(23)18-12-8-7-11-17(18)16-9-5-4-6-10-16/h4-12,19H,2-3,13-15H2,1H3,(H,22,23)(H,25,26,27)/t19-/m0/s1. The summed E-state index contributed by atoms with van der Waals surface area (Å²) in [7, 11) is -4.29. The number of carbonyl (C=O) groups is 2. The molecular formula is C21H25NO6S. The van der Waals surface area contributed by atoms with E-state index in [1.54, 1.807) is 24.3 Å². The third-order valence-electron chi connectivity index (χ3n) is 4.25. The Morgan fingerprint density at radius 3 is 2.38 bits per heavy atom. The Morgan fingerprint density at radius 1 is 1.07 bits per heavy atom. The Labute approximate surface area is 170 Å². The van der Waals surface area contributed by atoms with Crippen LogP contribution in [0.25, 0.3) is 11.1 Å². The highest BCUT2D eigenvalue weighted by molar-refractivity contribution is 7.85. The molecule has 2 rings (SSSR count). The lowest BCUT2D eigenvalue weighted by atomic mass is 9.99. The molecule has 0 radical (unpaired) electrons. The first kappa shape index (κ1) is 22.6. The SMILES string of the molecule is CCCCOC(=O)[C@H](CCS(=O)(=O)O)NC(=O)c1ccccc1-c1ccccc1. The number of esters is 1. The van der Waals surface area contributed by atoms with Gasteiger partial charge in [0.25, 0.3) is 16.0 Å². The topological polar surface area (TPSA) is 110 Å². The first-order valence-corrected chi connectivity index (χ1v) is 11.0. The van der Waals surface area contributed by atoms with E-state index >= 15 is 0 Å². The van der Waals surface area contributed by atoms with Gasteiger partial charge in [0.15, 0.2) is 0 Å². The van der Waals surface area contributed by atoms with Crippen molar-refractivity contribution in [3.63, 3.8) is 0 Å². The smallest absolute Gasteiger partial charge is 0.328 e. The second-order valence-corrected chi connectivity index (χ2v) is 8.11. The van der Waals surface area contributed by atoms with Crippen LogP contribution in [0.1, 0.15) is 36.5 Å². The first-order valence-electron chi connectivity index (χ1n) is 9.39. The van der Waals surface area contributed by atoms with Crippen LogP contribution in [0.4, 0.5) is 0 Å². The third-order valence-corrected chi connectivity index (χ3v) is 5.00. The zero-order valence-electron chi connectivity index (χ0n) is 16.2. The molecule has 0 aromatic heterocycles. The van der Waals surface area contributed by atoms with Crippen LogP contribution in [-0.4, -0.2) is 43.2 Å². The Kier molecular flexibility index (Phi) is 8.35. The molecule has 0 heterocycles. The number of unbranched alkanes of at least 4 members (excludes halogenated alkanes) is 1. The van der Waals surface area contributed by atoms with Crippen LogP contribution >= 0.6 is 0 Å². The minimum absolute atomic E-state index is 0.175. The molecule has 2 N–H and O–H groups in total. The maximum Gasteiger partial charge on any atom is 0.328 e. The zero-order valence-corrected chi connectivity index (χ0v) is 17.0. The van der Waals surface area contributed by atoms with Gasteiger partial charge in [0.05, 0.1) is 12.4 Å². The van der Waals surface area contributed by atoms with Crippen molar-refractivity contribution in [3.05, 3.63) is 60.2 Å². The van der Waals surface area contributed by atoms with E-state index in [9.17, 15) is 18.0 Å². The summed E-state index contributed by atoms with van der Waals surface area (Å²) < 4.78 is 36.4. The van der Waals surface area contributed by atoms with Crippen LogP contribution in [0.3, 0.4) is 0 Å². The van der Waals surface area contributed by atoms with E-state index in [0.29, 0.717) is 17.5 Å². The molecule has 0 aliphatic heterocycles. The molecule has 0 spiro atoms. The van der Waals surface area contributed by atoms with Gasteiger partial charge in [-0.15, -0.1) is 0 Å². The minimum Gasteiger partial charge on any atom is -0.464 e. The van der Waals surface area contributed by atoms with Gasteiger partial charge in [-0.25, -0.2) is 4.79 Å². The van der Waals surface area contributed by atoms with Crippen LogP contribution in [0.15, 0.2) is 54.6 Å². The lowest BCUT2D eigenvalue weighted by Crippen LogP contribution is -2.43. The largest absolute Gasteiger partial charge is 0.464 e. The fraction of sp³-hybridized carbons (Fsp3) is 0.333. The van der Waals surface area contributed by atoms with Gasteiger partial charge in [-0.3, -0.25) is 9.35 Å². The number of rotatable bonds is 10. The van der Waals surface area contributed by atoms with Gasteiger partial charge < -0.3 is 10.1 Å². The number of amides is 1. The summed E-state index contributed by atoms with van der Waals surface area (Å²) >= 11 is 0. The number of carbonyl (C=O) groups excluding carboxylic acids is 2. The van der Waals surface area contributed by atoms with Crippen molar-refractivity contribution in [2.45, 2.75) is 32.2 Å². The molecule has 0 aliphatic rings. The van der Waals surface area contributed by atoms with Crippen molar-refractivity contribution >= 4 is 22.0 Å². The fourth-order valence-corrected chi connectivity index (χ4v) is 3.25. The molecule has 0 saturated carbocycles. The Bertz CT molecular complexity index is 927. The van der Waals surface area contributed by atoms with E-state index in [4.69, 9.17) is 9.29 Å². The monoisotopic (exact) mass is 419 g/mol. The molecule has 0 saturated heterocycles. The molecule has 0 bridgehead atoms. The first-order chi connectivity index (χ1) is 13.8. The molecule has 1 amide bonds. The second-order valence-electron chi connectivity index (χ2n) is 6.53. The molecule has 0 fully saturated rings. The fourth-order valence-electron chi connectivity index (χ4n) is 2.72. The van der Waals surface area contributed by atoms with Crippen LogP contribution in [0.2, 0.25) is 0 Å². The molecule has 7 nitrogen and oxygen atoms in total. The van der Waals surface area contributed by atoms with Crippen LogP contribution in [0.5, 0.6) is 0 Å². The third kappa shape index (κ3) is 7.32. The highest BCUT2D eigenvalue weighted by atomic mass is 32.2. The summed E-state index contributed by atoms with van der Waals surface area (Å²) in [5, 5.41) is 2.55. The van der Waals surface area contributed by atoms with Gasteiger partial charge in [0.2, 0.25) is 0 Å². The van der Waals surface area contributed by atoms with Crippen LogP contribution in [-0.2, 0) is 19.6 Å². The van der Waals surface area contributed by atoms with E-state index < -0.39 is 33.8 Å². The highest BCUT2D eigenvalue weighted by Gasteiger charge is 2.25. The quantitative estimate of drug-likeness (QED) is 0.348. The van der Waals surface area contributed by atoms with Crippen LogP contribution in [0, 0.1) is 0 Å². The summed E-state index contributed by atoms with van der Waals surface area (Å²) in [4.78, 5) is 25.2. The maximum absolute atomic E-state index is 12.9. The highest BCUT2D eigenvalue weighted by Crippen LogP contribution is 2.23. The number of nitrogens with one attached hydrogen (secondary N) is 1. The predicted octanol–water partition coefficient (Wildman–Crippen LogP) is 3.07. The Hall–Kier alpha value is -2.71. The minimum atomic E-state index is -4.29. The Balaban J connectivity index is 2.21. The molecule has 29 heavy (non-hydrogen) atoms. The number of ether oxygens (including phenoxy) is 1. The summed E-state index contributed by atoms with van der Waals surface area (Å²) in [6, 6.07) is 15.0. The molecule has 2 aromatic carbocycles. The molecule has 0 unspecified atom stereocenters. The van der Waals surface area contributed by atoms with Gasteiger partial charge in [0.1, 0.15) is 6.04 Å². The molecular weight excluding hydrogens is 394 g/mol. The zero-order chi connectivity index (χ0) is 21.3. The number of hydrogen-bond donors (Lipinski definition) is 2. The van der Waals surface area contributed by atoms with Crippen molar-refractivity contribution in [3.8, 4) is 11.1 Å². The summed E-state index contributed by atoms with van der Waals surface area (Å²) in [6.45, 7) is 2.11. The number of benzene rings is 2. The van der Waals surface area contributed by atoms with Crippen molar-refractivity contribution in [1.82, 2.24) is 5.32 Å². The van der Waals surface area contributed by atoms with Crippen molar-refractivity contribution in [1.29, 1.82) is 0 Å². The van der Waals surface area contributed by atoms with Crippen molar-refractivity contribution in [2.24, 2.45) is 0 Å². The van der Waals surface area contributed by atoms with E-state index in [1.807, 2.05) is 37.3 Å². The molecule has 1 atom stereocenters. The normalized spacial score (nSPS) is 12.2. The van der Waals surface area contributed by atoms with Crippen molar-refractivity contribution < 1.29 is 27.3 Å². The average molecular weight is 419 g/mol. The van der Waals surface area contributed by atoms with E-state index in [-0.39, 0.29) is 13.0 Å². The van der Waals surface area contributed by atoms with Gasteiger partial charge >= 0.3 is 5.97 Å². The average Bonchev–Trinajstić information content (AvgIpc) is 2.71. The van der Waals surface area contributed by atoms with E-state index in [1.165, 1.54) is 0 Å². The van der Waals surface area contributed by atoms with E-state index in [0.717, 1.165) is 12.0 Å². The maximum atomic E-state index is 12.9. The molecule has 156 valence electrons. The molecule has 0 aliphatic carbocycles. The van der Waals surface area contributed by atoms with Gasteiger partial charge in [-0.05, 0) is 30.0 Å². The lowest BCUT2D eigenvalue weighted by molar-refractivity contribution is -0.146. The van der Waals surface area contributed by atoms with Gasteiger partial charge in [-0.1, -0.05) is 61.9 Å². The number of hydrogen-bond acceptors (Lipinski definition) is 5. The Morgan fingerprint density at radius 2 is 1.72 bits per heavy atom. The van der Waals surface area contributed by atoms with Crippen LogP contribution < -0.4 is 5.32 Å². The lowest BCUT2D eigenvalue weighted by Gasteiger charge is -2.18. The summed E-state index contributed by atoms with van der Waals surface area (Å²) in [6.07, 6.45) is 1.18.